The molecule has 0 saturated carbocycles. The molecule has 3 heterocycles. The minimum Gasteiger partial charge on any atom is -0.490 e. The largest absolute Gasteiger partial charge is 0.490 e. The van der Waals surface area contributed by atoms with Gasteiger partial charge in [-0.15, -0.1) is 0 Å². The summed E-state index contributed by atoms with van der Waals surface area (Å²) < 4.78 is 29.8. The zero-order chi connectivity index (χ0) is 27.0. The van der Waals surface area contributed by atoms with Crippen LogP contribution in [0.1, 0.15) is 30.2 Å². The molecule has 1 fully saturated rings. The predicted molar refractivity (Wildman–Crippen MR) is 139 cm³/mol. The number of aromatic nitrogens is 1. The van der Waals surface area contributed by atoms with Gasteiger partial charge >= 0.3 is 10.8 Å². The van der Waals surface area contributed by atoms with Crippen molar-refractivity contribution in [3.63, 3.8) is 0 Å². The van der Waals surface area contributed by atoms with Gasteiger partial charge in [-0.05, 0) is 55.8 Å². The number of rotatable bonds is 8. The highest BCUT2D eigenvalue weighted by Crippen LogP contribution is 2.53. The van der Waals surface area contributed by atoms with E-state index in [1.807, 2.05) is 0 Å². The van der Waals surface area contributed by atoms with Crippen LogP contribution in [0.2, 0.25) is 0 Å². The van der Waals surface area contributed by atoms with Crippen LogP contribution >= 0.6 is 23.1 Å². The maximum Gasteiger partial charge on any atom is 0.344 e. The first-order valence-corrected chi connectivity index (χ1v) is 13.6. The highest BCUT2D eigenvalue weighted by atomic mass is 32.2. The van der Waals surface area contributed by atoms with Crippen molar-refractivity contribution in [2.75, 3.05) is 24.7 Å². The van der Waals surface area contributed by atoms with Gasteiger partial charge in [0.1, 0.15) is 11.1 Å². The summed E-state index contributed by atoms with van der Waals surface area (Å²) in [6, 6.07) is 10.2. The second kappa shape index (κ2) is 10.6. The Bertz CT molecular complexity index is 1450. The molecule has 3 atom stereocenters. The van der Waals surface area contributed by atoms with Crippen LogP contribution < -0.4 is 19.2 Å². The van der Waals surface area contributed by atoms with E-state index >= 15 is 0 Å². The Hall–Kier alpha value is -3.64. The predicted octanol–water partition coefficient (Wildman–Crippen LogP) is 3.71. The molecule has 0 spiro atoms. The van der Waals surface area contributed by atoms with Crippen molar-refractivity contribution in [2.24, 2.45) is 5.92 Å². The second-order valence-electron chi connectivity index (χ2n) is 8.47. The summed E-state index contributed by atoms with van der Waals surface area (Å²) in [6.45, 7) is 3.73. The third-order valence-electron chi connectivity index (χ3n) is 6.19. The number of carbonyl (C=O) groups is 3. The number of hydrogen-bond donors (Lipinski definition) is 1. The van der Waals surface area contributed by atoms with Crippen molar-refractivity contribution < 1.29 is 33.0 Å². The molecule has 12 heteroatoms. The number of nitrogens with zero attached hydrogens (tertiary/aromatic N) is 1. The Morgan fingerprint density at radius 1 is 1.00 bits per heavy atom. The monoisotopic (exact) mass is 558 g/mol. The lowest BCUT2D eigenvalue weighted by Gasteiger charge is -2.30. The fourth-order valence-electron chi connectivity index (χ4n) is 4.67. The van der Waals surface area contributed by atoms with Gasteiger partial charge in [0.15, 0.2) is 18.1 Å². The number of hydrogen-bond acceptors (Lipinski definition) is 9. The standard InChI is InChI=1S/C26H23FN2O7S2/c1-3-34-17-11-13(5-10-16(17)36-12-18(30)35-4-2)19-20-22(37-23-21(19)38-26(33)28-23)25(32)29(24(20)31)15-8-6-14(27)7-9-15/h5-11,19-20,22H,3-4,12H2,1-2H3,(H,28,33)/t19-,20?,22?/m1/s1. The molecule has 3 aromatic rings. The van der Waals surface area contributed by atoms with Crippen molar-refractivity contribution in [3.05, 3.63) is 68.4 Å². The number of ether oxygens (including phenoxy) is 3. The number of carbonyl (C=O) groups excluding carboxylic acids is 3. The molecular weight excluding hydrogens is 535 g/mol. The Balaban J connectivity index is 1.55. The highest BCUT2D eigenvalue weighted by molar-refractivity contribution is 8.00. The first-order valence-electron chi connectivity index (χ1n) is 11.9. The van der Waals surface area contributed by atoms with Crippen LogP contribution in [0.25, 0.3) is 0 Å². The van der Waals surface area contributed by atoms with Crippen molar-refractivity contribution in [2.45, 2.75) is 30.0 Å². The summed E-state index contributed by atoms with van der Waals surface area (Å²) in [4.78, 5) is 55.5. The maximum atomic E-state index is 13.8. The van der Waals surface area contributed by atoms with Gasteiger partial charge in [0.05, 0.1) is 29.8 Å². The van der Waals surface area contributed by atoms with E-state index in [-0.39, 0.29) is 23.8 Å². The summed E-state index contributed by atoms with van der Waals surface area (Å²) >= 11 is 2.15. The minimum absolute atomic E-state index is 0.227. The van der Waals surface area contributed by atoms with Crippen LogP contribution in [0.5, 0.6) is 11.5 Å². The summed E-state index contributed by atoms with van der Waals surface area (Å²) in [6.07, 6.45) is 0. The maximum absolute atomic E-state index is 13.8. The molecule has 0 radical (unpaired) electrons. The van der Waals surface area contributed by atoms with Crippen LogP contribution in [-0.2, 0) is 19.1 Å². The van der Waals surface area contributed by atoms with E-state index in [1.54, 1.807) is 32.0 Å². The zero-order valence-corrected chi connectivity index (χ0v) is 22.0. The third-order valence-corrected chi connectivity index (χ3v) is 8.59. The smallest absolute Gasteiger partial charge is 0.344 e. The lowest BCUT2D eigenvalue weighted by atomic mass is 9.83. The fraction of sp³-hybridized carbons (Fsp3) is 0.308. The minimum atomic E-state index is -0.808. The SMILES string of the molecule is CCOC(=O)COc1ccc([C@H]2c3sc(=O)[nH]c3SC3C(=O)N(c4ccc(F)cc4)C(=O)C32)cc1OCC. The van der Waals surface area contributed by atoms with Crippen LogP contribution in [0.3, 0.4) is 0 Å². The number of amides is 2. The summed E-state index contributed by atoms with van der Waals surface area (Å²) in [5.41, 5.74) is 0.926. The number of nitrogens with one attached hydrogen (secondary N) is 1. The quantitative estimate of drug-likeness (QED) is 0.329. The number of thioether (sulfide) groups is 1. The van der Waals surface area contributed by atoms with E-state index < -0.39 is 40.7 Å². The molecule has 5 rings (SSSR count). The van der Waals surface area contributed by atoms with Gasteiger partial charge in [0.2, 0.25) is 11.8 Å². The molecule has 2 aliphatic heterocycles. The molecule has 2 amide bonds. The van der Waals surface area contributed by atoms with E-state index in [1.165, 1.54) is 24.3 Å². The second-order valence-corrected chi connectivity index (χ2v) is 10.6. The molecule has 0 bridgehead atoms. The molecule has 198 valence electrons. The van der Waals surface area contributed by atoms with Gasteiger partial charge in [-0.2, -0.15) is 0 Å². The number of halogens is 1. The molecule has 1 saturated heterocycles. The molecule has 2 aliphatic rings. The Labute approximate surface area is 224 Å². The number of H-pyrrole nitrogens is 1. The van der Waals surface area contributed by atoms with Crippen LogP contribution in [0.4, 0.5) is 10.1 Å². The first kappa shape index (κ1) is 26.0. The number of anilines is 1. The molecule has 2 aromatic carbocycles. The van der Waals surface area contributed by atoms with Crippen molar-refractivity contribution in [3.8, 4) is 11.5 Å². The number of esters is 1. The Morgan fingerprint density at radius 3 is 2.47 bits per heavy atom. The van der Waals surface area contributed by atoms with Gasteiger partial charge in [0, 0.05) is 10.8 Å². The molecule has 2 unspecified atom stereocenters. The molecule has 9 nitrogen and oxygen atoms in total. The van der Waals surface area contributed by atoms with Crippen LogP contribution in [0, 0.1) is 11.7 Å². The molecule has 1 aromatic heterocycles. The number of aromatic amines is 1. The number of imide groups is 1. The van der Waals surface area contributed by atoms with Crippen LogP contribution in [-0.4, -0.2) is 47.8 Å². The normalized spacial score (nSPS) is 20.2. The van der Waals surface area contributed by atoms with Gasteiger partial charge < -0.3 is 19.2 Å². The van der Waals surface area contributed by atoms with Gasteiger partial charge in [-0.25, -0.2) is 14.1 Å². The van der Waals surface area contributed by atoms with Gasteiger partial charge in [-0.3, -0.25) is 14.4 Å². The van der Waals surface area contributed by atoms with E-state index in [4.69, 9.17) is 14.2 Å². The zero-order valence-electron chi connectivity index (χ0n) is 20.4. The van der Waals surface area contributed by atoms with Crippen molar-refractivity contribution in [1.82, 2.24) is 4.98 Å². The Morgan fingerprint density at radius 2 is 1.76 bits per heavy atom. The number of benzene rings is 2. The van der Waals surface area contributed by atoms with Crippen LogP contribution in [0.15, 0.2) is 52.3 Å². The average molecular weight is 559 g/mol. The highest BCUT2D eigenvalue weighted by Gasteiger charge is 2.56. The summed E-state index contributed by atoms with van der Waals surface area (Å²) in [5.74, 6) is -2.64. The fourth-order valence-corrected chi connectivity index (χ4v) is 7.18. The number of thiazole rings is 1. The first-order chi connectivity index (χ1) is 18.3. The molecular formula is C26H23FN2O7S2. The van der Waals surface area contributed by atoms with Crippen molar-refractivity contribution in [1.29, 1.82) is 0 Å². The average Bonchev–Trinajstić information content (AvgIpc) is 3.38. The summed E-state index contributed by atoms with van der Waals surface area (Å²) in [7, 11) is 0. The lowest BCUT2D eigenvalue weighted by molar-refractivity contribution is -0.145. The van der Waals surface area contributed by atoms with E-state index in [0.717, 1.165) is 28.0 Å². The summed E-state index contributed by atoms with van der Waals surface area (Å²) in [5, 5.41) is -0.250. The van der Waals surface area contributed by atoms with Gasteiger partial charge in [-0.1, -0.05) is 29.2 Å². The topological polar surface area (TPSA) is 115 Å². The van der Waals surface area contributed by atoms with Crippen molar-refractivity contribution >= 4 is 46.6 Å². The van der Waals surface area contributed by atoms with E-state index in [2.05, 4.69) is 4.98 Å². The lowest BCUT2D eigenvalue weighted by Crippen LogP contribution is -2.32. The van der Waals surface area contributed by atoms with E-state index in [0.29, 0.717) is 33.6 Å². The number of fused-ring (bicyclic) bond motifs is 2. The Kier molecular flexibility index (Phi) is 7.26. The van der Waals surface area contributed by atoms with E-state index in [9.17, 15) is 23.6 Å². The molecule has 38 heavy (non-hydrogen) atoms. The molecule has 0 aliphatic carbocycles. The molecule has 1 N–H and O–H groups in total. The third kappa shape index (κ3) is 4.69. The van der Waals surface area contributed by atoms with Gasteiger partial charge in [0.25, 0.3) is 0 Å².